The minimum absolute atomic E-state index is 0.0100. The van der Waals surface area contributed by atoms with Crippen molar-refractivity contribution in [1.29, 1.82) is 0 Å². The van der Waals surface area contributed by atoms with Crippen LogP contribution in [0.1, 0.15) is 32.2 Å². The monoisotopic (exact) mass is 468 g/mol. The standard InChI is InChI=1S/C24H28N4O4S/c1-13(2)31-20-9-18(32-17-6-5-16(12-30-4)26-10-17)7-15-8-19(28-22(15)20)24-27-11-21(33-24)14(3)23(25)29/h5-10,13-14,21,28H,11-12H2,1-4H3,(H2,25,29). The normalized spacial score (nSPS) is 16.8. The fraction of sp³-hybridized carbons (Fsp3) is 0.375. The van der Waals surface area contributed by atoms with Crippen LogP contribution < -0.4 is 15.2 Å². The summed E-state index contributed by atoms with van der Waals surface area (Å²) >= 11 is 1.57. The molecule has 1 amide bonds. The summed E-state index contributed by atoms with van der Waals surface area (Å²) in [5.74, 6) is 1.41. The number of primary amides is 1. The molecule has 0 aliphatic carbocycles. The first kappa shape index (κ1) is 23.1. The number of pyridine rings is 1. The van der Waals surface area contributed by atoms with Crippen molar-refractivity contribution >= 4 is 33.6 Å². The van der Waals surface area contributed by atoms with E-state index in [0.717, 1.165) is 27.3 Å². The molecule has 4 rings (SSSR count). The Bertz CT molecular complexity index is 1170. The van der Waals surface area contributed by atoms with Gasteiger partial charge in [0.05, 0.1) is 42.4 Å². The van der Waals surface area contributed by atoms with E-state index in [1.54, 1.807) is 25.1 Å². The Morgan fingerprint density at radius 1 is 1.24 bits per heavy atom. The average Bonchev–Trinajstić information content (AvgIpc) is 3.41. The highest BCUT2D eigenvalue weighted by atomic mass is 32.2. The van der Waals surface area contributed by atoms with Gasteiger partial charge >= 0.3 is 0 Å². The minimum atomic E-state index is -0.306. The van der Waals surface area contributed by atoms with Crippen LogP contribution in [0, 0.1) is 5.92 Å². The molecule has 3 aromatic rings. The zero-order chi connectivity index (χ0) is 23.5. The lowest BCUT2D eigenvalue weighted by Gasteiger charge is -2.13. The van der Waals surface area contributed by atoms with E-state index in [9.17, 15) is 4.79 Å². The molecule has 0 saturated carbocycles. The summed E-state index contributed by atoms with van der Waals surface area (Å²) in [5.41, 5.74) is 8.06. The molecular formula is C24H28N4O4S. The summed E-state index contributed by atoms with van der Waals surface area (Å²) in [4.78, 5) is 24.0. The largest absolute Gasteiger partial charge is 0.489 e. The molecule has 0 spiro atoms. The number of aromatic nitrogens is 2. The predicted octanol–water partition coefficient (Wildman–Crippen LogP) is 4.27. The van der Waals surface area contributed by atoms with E-state index in [4.69, 9.17) is 19.9 Å². The number of hydrogen-bond donors (Lipinski definition) is 2. The maximum absolute atomic E-state index is 11.6. The van der Waals surface area contributed by atoms with E-state index < -0.39 is 0 Å². The highest BCUT2D eigenvalue weighted by molar-refractivity contribution is 8.15. The molecule has 174 valence electrons. The van der Waals surface area contributed by atoms with E-state index in [-0.39, 0.29) is 23.2 Å². The number of nitrogens with two attached hydrogens (primary N) is 1. The molecule has 1 aliphatic rings. The molecule has 0 bridgehead atoms. The number of thioether (sulfide) groups is 1. The van der Waals surface area contributed by atoms with Gasteiger partial charge in [0.25, 0.3) is 0 Å². The number of nitrogens with one attached hydrogen (secondary N) is 1. The second-order valence-corrected chi connectivity index (χ2v) is 9.48. The third-order valence-corrected chi connectivity index (χ3v) is 6.70. The number of rotatable bonds is 9. The van der Waals surface area contributed by atoms with Crippen molar-refractivity contribution in [2.24, 2.45) is 16.6 Å². The van der Waals surface area contributed by atoms with Crippen molar-refractivity contribution in [2.75, 3.05) is 13.7 Å². The Morgan fingerprint density at radius 2 is 2.06 bits per heavy atom. The lowest BCUT2D eigenvalue weighted by molar-refractivity contribution is -0.121. The van der Waals surface area contributed by atoms with Gasteiger partial charge in [0.15, 0.2) is 0 Å². The SMILES string of the molecule is COCc1ccc(Oc2cc(OC(C)C)c3[nH]c(C4=NCC(C(C)C(N)=O)S4)cc3c2)cn1. The van der Waals surface area contributed by atoms with Crippen LogP contribution >= 0.6 is 11.8 Å². The highest BCUT2D eigenvalue weighted by Gasteiger charge is 2.29. The van der Waals surface area contributed by atoms with Gasteiger partial charge in [0.1, 0.15) is 22.3 Å². The van der Waals surface area contributed by atoms with Gasteiger partial charge in [-0.25, -0.2) is 0 Å². The van der Waals surface area contributed by atoms with Crippen molar-refractivity contribution in [3.63, 3.8) is 0 Å². The molecule has 0 fully saturated rings. The first-order valence-electron chi connectivity index (χ1n) is 10.8. The molecule has 2 unspecified atom stereocenters. The van der Waals surface area contributed by atoms with E-state index in [1.807, 2.05) is 51.1 Å². The number of carbonyl (C=O) groups is 1. The van der Waals surface area contributed by atoms with E-state index in [0.29, 0.717) is 30.4 Å². The van der Waals surface area contributed by atoms with Crippen LogP contribution in [0.25, 0.3) is 10.9 Å². The number of aliphatic imine (C=N–C) groups is 1. The number of amides is 1. The van der Waals surface area contributed by atoms with Crippen molar-refractivity contribution in [3.05, 3.63) is 47.9 Å². The van der Waals surface area contributed by atoms with E-state index >= 15 is 0 Å². The summed E-state index contributed by atoms with van der Waals surface area (Å²) in [7, 11) is 1.64. The molecule has 3 heterocycles. The zero-order valence-corrected chi connectivity index (χ0v) is 19.9. The summed E-state index contributed by atoms with van der Waals surface area (Å²) < 4.78 is 17.2. The number of benzene rings is 1. The van der Waals surface area contributed by atoms with Crippen LogP contribution in [-0.2, 0) is 16.1 Å². The molecule has 0 saturated heterocycles. The van der Waals surface area contributed by atoms with Crippen molar-refractivity contribution in [3.8, 4) is 17.2 Å². The van der Waals surface area contributed by atoms with Crippen LogP contribution in [0.4, 0.5) is 0 Å². The van der Waals surface area contributed by atoms with Gasteiger partial charge < -0.3 is 24.9 Å². The van der Waals surface area contributed by atoms with E-state index in [1.165, 1.54) is 0 Å². The molecule has 0 radical (unpaired) electrons. The number of methoxy groups -OCH3 is 1. The lowest BCUT2D eigenvalue weighted by atomic mass is 10.1. The number of H-pyrrole nitrogens is 1. The number of carbonyl (C=O) groups excluding carboxylic acids is 1. The number of ether oxygens (including phenoxy) is 3. The number of fused-ring (bicyclic) bond motifs is 1. The van der Waals surface area contributed by atoms with Gasteiger partial charge in [-0.1, -0.05) is 18.7 Å². The number of hydrogen-bond acceptors (Lipinski definition) is 7. The molecule has 9 heteroatoms. The van der Waals surface area contributed by atoms with Crippen LogP contribution in [0.2, 0.25) is 0 Å². The first-order chi connectivity index (χ1) is 15.8. The van der Waals surface area contributed by atoms with Gasteiger partial charge in [-0.2, -0.15) is 0 Å². The van der Waals surface area contributed by atoms with Gasteiger partial charge in [-0.3, -0.25) is 14.8 Å². The smallest absolute Gasteiger partial charge is 0.221 e. The quantitative estimate of drug-likeness (QED) is 0.485. The third-order valence-electron chi connectivity index (χ3n) is 5.27. The third kappa shape index (κ3) is 5.31. The average molecular weight is 469 g/mol. The van der Waals surface area contributed by atoms with Crippen molar-refractivity contribution in [2.45, 2.75) is 38.7 Å². The number of aromatic amines is 1. The van der Waals surface area contributed by atoms with Gasteiger partial charge in [0.2, 0.25) is 5.91 Å². The maximum Gasteiger partial charge on any atom is 0.221 e. The molecule has 8 nitrogen and oxygen atoms in total. The summed E-state index contributed by atoms with van der Waals surface area (Å²) in [6.07, 6.45) is 1.66. The summed E-state index contributed by atoms with van der Waals surface area (Å²) in [6.45, 7) is 6.82. The fourth-order valence-corrected chi connectivity index (χ4v) is 4.69. The van der Waals surface area contributed by atoms with Crippen LogP contribution in [0.5, 0.6) is 17.2 Å². The molecular weight excluding hydrogens is 440 g/mol. The van der Waals surface area contributed by atoms with Crippen LogP contribution in [0.3, 0.4) is 0 Å². The fourth-order valence-electron chi connectivity index (χ4n) is 3.53. The minimum Gasteiger partial charge on any atom is -0.489 e. The molecule has 33 heavy (non-hydrogen) atoms. The molecule has 1 aliphatic heterocycles. The van der Waals surface area contributed by atoms with Gasteiger partial charge in [-0.15, -0.1) is 0 Å². The van der Waals surface area contributed by atoms with Crippen molar-refractivity contribution < 1.29 is 19.0 Å². The Hall–Kier alpha value is -3.04. The lowest BCUT2D eigenvalue weighted by Crippen LogP contribution is -2.30. The summed E-state index contributed by atoms with van der Waals surface area (Å²) in [6, 6.07) is 9.58. The predicted molar refractivity (Wildman–Crippen MR) is 130 cm³/mol. The Balaban J connectivity index is 1.62. The van der Waals surface area contributed by atoms with Crippen LogP contribution in [-0.4, -0.2) is 45.9 Å². The molecule has 2 atom stereocenters. The molecule has 2 aromatic heterocycles. The second-order valence-electron chi connectivity index (χ2n) is 8.25. The van der Waals surface area contributed by atoms with Gasteiger partial charge in [-0.05, 0) is 38.1 Å². The Labute approximate surface area is 196 Å². The van der Waals surface area contributed by atoms with Crippen LogP contribution in [0.15, 0.2) is 41.5 Å². The highest BCUT2D eigenvalue weighted by Crippen LogP contribution is 2.37. The van der Waals surface area contributed by atoms with Crippen molar-refractivity contribution in [1.82, 2.24) is 9.97 Å². The van der Waals surface area contributed by atoms with Gasteiger partial charge in [0, 0.05) is 29.7 Å². The summed E-state index contributed by atoms with van der Waals surface area (Å²) in [5, 5.41) is 1.85. The maximum atomic E-state index is 11.6. The topological polar surface area (TPSA) is 112 Å². The molecule has 1 aromatic carbocycles. The first-order valence-corrected chi connectivity index (χ1v) is 11.7. The number of nitrogens with zero attached hydrogens (tertiary/aromatic N) is 2. The van der Waals surface area contributed by atoms with E-state index in [2.05, 4.69) is 15.0 Å². The zero-order valence-electron chi connectivity index (χ0n) is 19.1. The second kappa shape index (κ2) is 9.84. The molecule has 3 N–H and O–H groups in total. The Kier molecular flexibility index (Phi) is 6.90. The Morgan fingerprint density at radius 3 is 2.73 bits per heavy atom.